The Morgan fingerprint density at radius 3 is 2.44 bits per heavy atom. The first-order valence-electron chi connectivity index (χ1n) is 15.4. The number of rotatable bonds is 14. The summed E-state index contributed by atoms with van der Waals surface area (Å²) in [5.74, 6) is -1.88. The first-order chi connectivity index (χ1) is 19.1. The second kappa shape index (κ2) is 12.8. The molecule has 0 aromatic heterocycles. The minimum atomic E-state index is -0.783. The van der Waals surface area contributed by atoms with Gasteiger partial charge >= 0.3 is 5.97 Å². The van der Waals surface area contributed by atoms with Gasteiger partial charge in [-0.1, -0.05) is 60.1 Å². The summed E-state index contributed by atoms with van der Waals surface area (Å²) >= 11 is 1.65. The Labute approximate surface area is 252 Å². The number of unbranched alkanes of at least 4 members (excludes halogenated alkanes) is 1. The molecule has 3 aliphatic heterocycles. The van der Waals surface area contributed by atoms with E-state index in [9.17, 15) is 14.7 Å². The molecule has 3 saturated heterocycles. The van der Waals surface area contributed by atoms with Crippen LogP contribution in [0.4, 0.5) is 0 Å². The van der Waals surface area contributed by atoms with E-state index >= 15 is 4.79 Å². The number of thioether (sulfide) groups is 1. The fourth-order valence-electron chi connectivity index (χ4n) is 7.98. The Morgan fingerprint density at radius 1 is 1.24 bits per heavy atom. The van der Waals surface area contributed by atoms with E-state index in [4.69, 9.17) is 4.74 Å². The van der Waals surface area contributed by atoms with Gasteiger partial charge in [0, 0.05) is 17.3 Å². The number of hydrogen-bond acceptors (Lipinski definition) is 6. The van der Waals surface area contributed by atoms with Gasteiger partial charge in [-0.3, -0.25) is 14.4 Å². The van der Waals surface area contributed by atoms with Gasteiger partial charge in [-0.15, -0.1) is 24.9 Å². The van der Waals surface area contributed by atoms with E-state index in [0.29, 0.717) is 13.0 Å². The molecule has 3 heterocycles. The number of ether oxygens (including phenoxy) is 1. The third kappa shape index (κ3) is 6.15. The first-order valence-corrected chi connectivity index (χ1v) is 16.3. The van der Waals surface area contributed by atoms with Crippen LogP contribution >= 0.6 is 11.8 Å². The quantitative estimate of drug-likeness (QED) is 0.164. The van der Waals surface area contributed by atoms with Crippen molar-refractivity contribution in [3.05, 3.63) is 25.3 Å². The Bertz CT molecular complexity index is 1010. The Morgan fingerprint density at radius 2 is 1.90 bits per heavy atom. The molecule has 2 amide bonds. The highest BCUT2D eigenvalue weighted by Gasteiger charge is 2.77. The molecule has 7 nitrogen and oxygen atoms in total. The van der Waals surface area contributed by atoms with Gasteiger partial charge in [0.2, 0.25) is 11.8 Å². The molecule has 8 atom stereocenters. The molecule has 3 unspecified atom stereocenters. The second-order valence-electron chi connectivity index (χ2n) is 14.3. The summed E-state index contributed by atoms with van der Waals surface area (Å²) in [7, 11) is 0. The Kier molecular flexibility index (Phi) is 10.5. The Balaban J connectivity index is 2.14. The van der Waals surface area contributed by atoms with Crippen molar-refractivity contribution in [3.8, 4) is 0 Å². The maximum Gasteiger partial charge on any atom is 0.310 e. The number of nitrogens with zero attached hydrogens (tertiary/aromatic N) is 2. The fourth-order valence-corrected chi connectivity index (χ4v) is 10.4. The van der Waals surface area contributed by atoms with Crippen LogP contribution in [0.25, 0.3) is 0 Å². The number of likely N-dealkylation sites (tertiary alicyclic amines) is 1. The van der Waals surface area contributed by atoms with Crippen LogP contribution in [0, 0.1) is 29.1 Å². The molecule has 8 heteroatoms. The van der Waals surface area contributed by atoms with Crippen molar-refractivity contribution in [3.63, 3.8) is 0 Å². The van der Waals surface area contributed by atoms with Gasteiger partial charge in [0.25, 0.3) is 0 Å². The molecule has 1 spiro atoms. The zero-order chi connectivity index (χ0) is 30.9. The zero-order valence-electron chi connectivity index (χ0n) is 26.7. The normalized spacial score (nSPS) is 30.6. The van der Waals surface area contributed by atoms with Gasteiger partial charge < -0.3 is 19.6 Å². The van der Waals surface area contributed by atoms with Crippen molar-refractivity contribution in [2.45, 2.75) is 115 Å². The first kappa shape index (κ1) is 33.7. The van der Waals surface area contributed by atoms with E-state index in [1.54, 1.807) is 28.8 Å². The summed E-state index contributed by atoms with van der Waals surface area (Å²) in [6, 6.07) is -1.30. The van der Waals surface area contributed by atoms with Gasteiger partial charge in [-0.05, 0) is 56.8 Å². The molecule has 3 rings (SSSR count). The van der Waals surface area contributed by atoms with Crippen molar-refractivity contribution in [1.82, 2.24) is 9.80 Å². The maximum atomic E-state index is 15.0. The molecule has 1 N–H and O–H groups in total. The van der Waals surface area contributed by atoms with Crippen LogP contribution in [0.2, 0.25) is 0 Å². The van der Waals surface area contributed by atoms with Gasteiger partial charge in [-0.25, -0.2) is 0 Å². The molecule has 0 radical (unpaired) electrons. The van der Waals surface area contributed by atoms with Gasteiger partial charge in [0.05, 0.1) is 35.8 Å². The van der Waals surface area contributed by atoms with Crippen LogP contribution in [-0.2, 0) is 19.1 Å². The zero-order valence-corrected chi connectivity index (χ0v) is 27.5. The van der Waals surface area contributed by atoms with Crippen LogP contribution in [0.1, 0.15) is 87.5 Å². The number of carbonyl (C=O) groups excluding carboxylic acids is 3. The van der Waals surface area contributed by atoms with Gasteiger partial charge in [0.15, 0.2) is 0 Å². The smallest absolute Gasteiger partial charge is 0.310 e. The van der Waals surface area contributed by atoms with Crippen molar-refractivity contribution in [1.29, 1.82) is 0 Å². The van der Waals surface area contributed by atoms with Gasteiger partial charge in [0.1, 0.15) is 6.04 Å². The summed E-state index contributed by atoms with van der Waals surface area (Å²) in [6.45, 7) is 24.9. The van der Waals surface area contributed by atoms with Crippen LogP contribution in [0.15, 0.2) is 25.3 Å². The Hall–Kier alpha value is -1.80. The largest absolute Gasteiger partial charge is 0.465 e. The molecule has 0 aliphatic carbocycles. The summed E-state index contributed by atoms with van der Waals surface area (Å²) in [4.78, 5) is 46.8. The highest BCUT2D eigenvalue weighted by Crippen LogP contribution is 2.69. The summed E-state index contributed by atoms with van der Waals surface area (Å²) in [5, 5.41) is 10.6. The van der Waals surface area contributed by atoms with Crippen molar-refractivity contribution in [2.24, 2.45) is 29.1 Å². The van der Waals surface area contributed by atoms with E-state index in [2.05, 4.69) is 54.7 Å². The number of esters is 1. The SMILES string of the molecule is C=CCCCOC(=O)[C@@H]1[C@H]2C(=O)N([C@@H](CO)[C@@H](C)CC)C(C(=O)N(CC=C)C(C)(C)CC(C)(C)C)C23S[C@@H]1CC3C. The van der Waals surface area contributed by atoms with E-state index in [-0.39, 0.29) is 53.5 Å². The second-order valence-corrected chi connectivity index (χ2v) is 15.9. The van der Waals surface area contributed by atoms with Crippen LogP contribution in [0.3, 0.4) is 0 Å². The summed E-state index contributed by atoms with van der Waals surface area (Å²) < 4.78 is 4.96. The minimum Gasteiger partial charge on any atom is -0.465 e. The third-order valence-corrected chi connectivity index (χ3v) is 11.7. The van der Waals surface area contributed by atoms with Crippen LogP contribution < -0.4 is 0 Å². The highest BCUT2D eigenvalue weighted by atomic mass is 32.2. The lowest BCUT2D eigenvalue weighted by Gasteiger charge is -2.48. The van der Waals surface area contributed by atoms with E-state index in [1.807, 2.05) is 18.7 Å². The number of aliphatic hydroxyl groups excluding tert-OH is 1. The molecule has 3 fully saturated rings. The summed E-state index contributed by atoms with van der Waals surface area (Å²) in [6.07, 6.45) is 7.25. The molecular weight excluding hydrogens is 536 g/mol. The predicted molar refractivity (Wildman–Crippen MR) is 166 cm³/mol. The molecule has 3 aliphatic rings. The van der Waals surface area contributed by atoms with E-state index in [1.165, 1.54) is 0 Å². The highest BCUT2D eigenvalue weighted by molar-refractivity contribution is 8.02. The lowest BCUT2D eigenvalue weighted by Crippen LogP contribution is -2.63. The minimum absolute atomic E-state index is 0.0215. The predicted octanol–water partition coefficient (Wildman–Crippen LogP) is 5.47. The van der Waals surface area contributed by atoms with E-state index in [0.717, 1.165) is 25.7 Å². The fraction of sp³-hybridized carbons (Fsp3) is 0.788. The van der Waals surface area contributed by atoms with Crippen molar-refractivity contribution in [2.75, 3.05) is 19.8 Å². The number of hydrogen-bond donors (Lipinski definition) is 1. The number of amides is 2. The lowest BCUT2D eigenvalue weighted by molar-refractivity contribution is -0.155. The molecule has 232 valence electrons. The molecule has 0 aromatic rings. The number of carbonyl (C=O) groups is 3. The van der Waals surface area contributed by atoms with Crippen LogP contribution in [-0.4, -0.2) is 80.1 Å². The van der Waals surface area contributed by atoms with E-state index < -0.39 is 34.2 Å². The lowest BCUT2D eigenvalue weighted by atomic mass is 9.66. The average Bonchev–Trinajstić information content (AvgIpc) is 3.47. The number of allylic oxidation sites excluding steroid dienone is 1. The third-order valence-electron chi connectivity index (χ3n) is 9.60. The standard InChI is InChI=1S/C33H54N2O5S/c1-11-14-15-17-40-30(39)25-24-18-22(5)33(41-24)26(25)28(37)35(23(19-36)21(4)13-3)27(33)29(38)34(16-12-2)32(9,10)20-31(6,7)8/h11-12,21-27,36H,1-2,13-20H2,3-10H3/t21-,22?,23-,24+,25-,26-,27?,33?/m0/s1. The molecule has 0 aromatic carbocycles. The average molecular weight is 591 g/mol. The van der Waals surface area contributed by atoms with Crippen LogP contribution in [0.5, 0.6) is 0 Å². The number of fused-ring (bicyclic) bond motifs is 1. The molecule has 41 heavy (non-hydrogen) atoms. The summed E-state index contributed by atoms with van der Waals surface area (Å²) in [5.41, 5.74) is -0.542. The molecule has 2 bridgehead atoms. The topological polar surface area (TPSA) is 87.1 Å². The maximum absolute atomic E-state index is 15.0. The van der Waals surface area contributed by atoms with Crippen molar-refractivity contribution < 1.29 is 24.2 Å². The number of aliphatic hydroxyl groups is 1. The monoisotopic (exact) mass is 590 g/mol. The van der Waals surface area contributed by atoms with Crippen molar-refractivity contribution >= 4 is 29.5 Å². The molecular formula is C33H54N2O5S. The van der Waals surface area contributed by atoms with Gasteiger partial charge in [-0.2, -0.15) is 0 Å². The molecule has 0 saturated carbocycles.